The molecule has 1 N–H and O–H groups in total. The highest BCUT2D eigenvalue weighted by atomic mass is 79.9. The van der Waals surface area contributed by atoms with Gasteiger partial charge in [0.15, 0.2) is 0 Å². The third-order valence-corrected chi connectivity index (χ3v) is 2.79. The molecular formula is C12H17BrN2O. The van der Waals surface area contributed by atoms with Gasteiger partial charge < -0.3 is 10.2 Å². The summed E-state index contributed by atoms with van der Waals surface area (Å²) in [5, 5.41) is 2.87. The molecule has 1 aromatic carbocycles. The van der Waals surface area contributed by atoms with Gasteiger partial charge in [-0.1, -0.05) is 22.9 Å². The van der Waals surface area contributed by atoms with Gasteiger partial charge in [-0.3, -0.25) is 4.79 Å². The van der Waals surface area contributed by atoms with Crippen molar-refractivity contribution < 1.29 is 4.79 Å². The second-order valence-electron chi connectivity index (χ2n) is 3.68. The van der Waals surface area contributed by atoms with E-state index < -0.39 is 0 Å². The molecule has 1 amide bonds. The van der Waals surface area contributed by atoms with Crippen molar-refractivity contribution in [3.63, 3.8) is 0 Å². The lowest BCUT2D eigenvalue weighted by Crippen LogP contribution is -2.35. The van der Waals surface area contributed by atoms with Crippen LogP contribution in [0.25, 0.3) is 0 Å². The molecule has 0 aliphatic heterocycles. The summed E-state index contributed by atoms with van der Waals surface area (Å²) in [6.45, 7) is 2.54. The van der Waals surface area contributed by atoms with Gasteiger partial charge in [0.25, 0.3) is 0 Å². The largest absolute Gasteiger partial charge is 0.357 e. The average Bonchev–Trinajstić information content (AvgIpc) is 2.27. The molecule has 16 heavy (non-hydrogen) atoms. The minimum absolute atomic E-state index is 0.103. The summed E-state index contributed by atoms with van der Waals surface area (Å²) in [5.74, 6) is 0.103. The van der Waals surface area contributed by atoms with Gasteiger partial charge in [-0.15, -0.1) is 0 Å². The Morgan fingerprint density at radius 2 is 2.00 bits per heavy atom. The van der Waals surface area contributed by atoms with Crippen molar-refractivity contribution in [3.8, 4) is 0 Å². The Kier molecular flexibility index (Phi) is 5.32. The first-order chi connectivity index (χ1) is 7.63. The number of amides is 1. The van der Waals surface area contributed by atoms with Gasteiger partial charge >= 0.3 is 0 Å². The van der Waals surface area contributed by atoms with E-state index in [1.54, 1.807) is 0 Å². The molecule has 0 unspecified atom stereocenters. The standard InChI is InChI=1S/C12H17BrN2O/c1-3-4-12(16)14-9-15(2)11-7-5-10(13)6-8-11/h5-8H,3-4,9H2,1-2H3,(H,14,16). The van der Waals surface area contributed by atoms with Gasteiger partial charge in [0.1, 0.15) is 0 Å². The minimum atomic E-state index is 0.103. The number of nitrogens with zero attached hydrogens (tertiary/aromatic N) is 1. The van der Waals surface area contributed by atoms with Gasteiger partial charge in [0, 0.05) is 23.6 Å². The summed E-state index contributed by atoms with van der Waals surface area (Å²) in [6.07, 6.45) is 1.47. The van der Waals surface area contributed by atoms with Gasteiger partial charge in [-0.2, -0.15) is 0 Å². The number of nitrogens with one attached hydrogen (secondary N) is 1. The van der Waals surface area contributed by atoms with Gasteiger partial charge in [0.05, 0.1) is 6.67 Å². The van der Waals surface area contributed by atoms with Gasteiger partial charge in [0.2, 0.25) is 5.91 Å². The minimum Gasteiger partial charge on any atom is -0.357 e. The molecule has 4 heteroatoms. The quantitative estimate of drug-likeness (QED) is 0.844. The molecule has 1 rings (SSSR count). The van der Waals surface area contributed by atoms with Crippen LogP contribution >= 0.6 is 15.9 Å². The van der Waals surface area contributed by atoms with Crippen molar-refractivity contribution in [2.45, 2.75) is 19.8 Å². The van der Waals surface area contributed by atoms with E-state index in [9.17, 15) is 4.79 Å². The topological polar surface area (TPSA) is 32.3 Å². The SMILES string of the molecule is CCCC(=O)NCN(C)c1ccc(Br)cc1. The van der Waals surface area contributed by atoms with E-state index in [2.05, 4.69) is 21.2 Å². The number of halogens is 1. The molecule has 0 radical (unpaired) electrons. The number of carbonyl (C=O) groups is 1. The maximum Gasteiger partial charge on any atom is 0.221 e. The highest BCUT2D eigenvalue weighted by Crippen LogP contribution is 2.16. The van der Waals surface area contributed by atoms with E-state index in [1.165, 1.54) is 0 Å². The molecule has 0 fully saturated rings. The highest BCUT2D eigenvalue weighted by molar-refractivity contribution is 9.10. The van der Waals surface area contributed by atoms with Crippen molar-refractivity contribution >= 4 is 27.5 Å². The summed E-state index contributed by atoms with van der Waals surface area (Å²) in [7, 11) is 1.95. The summed E-state index contributed by atoms with van der Waals surface area (Å²) in [5.41, 5.74) is 1.08. The first kappa shape index (κ1) is 13.0. The predicted molar refractivity (Wildman–Crippen MR) is 70.5 cm³/mol. The van der Waals surface area contributed by atoms with Crippen molar-refractivity contribution in [1.82, 2.24) is 5.32 Å². The number of hydrogen-bond donors (Lipinski definition) is 1. The molecule has 0 aliphatic rings. The van der Waals surface area contributed by atoms with Crippen LogP contribution in [0.5, 0.6) is 0 Å². The number of benzene rings is 1. The number of anilines is 1. The fraction of sp³-hybridized carbons (Fsp3) is 0.417. The third kappa shape index (κ3) is 4.23. The van der Waals surface area contributed by atoms with Crippen LogP contribution < -0.4 is 10.2 Å². The highest BCUT2D eigenvalue weighted by Gasteiger charge is 2.02. The monoisotopic (exact) mass is 284 g/mol. The molecule has 0 saturated carbocycles. The number of hydrogen-bond acceptors (Lipinski definition) is 2. The molecule has 0 bridgehead atoms. The molecule has 0 heterocycles. The van der Waals surface area contributed by atoms with E-state index >= 15 is 0 Å². The van der Waals surface area contributed by atoms with Crippen LogP contribution in [0.3, 0.4) is 0 Å². The number of rotatable bonds is 5. The van der Waals surface area contributed by atoms with Crippen molar-refractivity contribution in [2.24, 2.45) is 0 Å². The van der Waals surface area contributed by atoms with Crippen LogP contribution in [0.2, 0.25) is 0 Å². The van der Waals surface area contributed by atoms with Crippen LogP contribution in [0, 0.1) is 0 Å². The van der Waals surface area contributed by atoms with Gasteiger partial charge in [-0.25, -0.2) is 0 Å². The van der Waals surface area contributed by atoms with Crippen molar-refractivity contribution in [3.05, 3.63) is 28.7 Å². The summed E-state index contributed by atoms with van der Waals surface area (Å²) in [6, 6.07) is 7.99. The smallest absolute Gasteiger partial charge is 0.221 e. The summed E-state index contributed by atoms with van der Waals surface area (Å²) in [4.78, 5) is 13.3. The fourth-order valence-electron chi connectivity index (χ4n) is 1.31. The Hall–Kier alpha value is -1.03. The van der Waals surface area contributed by atoms with Crippen molar-refractivity contribution in [2.75, 3.05) is 18.6 Å². The second kappa shape index (κ2) is 6.53. The lowest BCUT2D eigenvalue weighted by atomic mass is 10.3. The number of carbonyl (C=O) groups excluding carboxylic acids is 1. The van der Waals surface area contributed by atoms with Crippen LogP contribution in [0.1, 0.15) is 19.8 Å². The zero-order valence-corrected chi connectivity index (χ0v) is 11.3. The Morgan fingerprint density at radius 1 is 1.38 bits per heavy atom. The molecule has 0 aromatic heterocycles. The third-order valence-electron chi connectivity index (χ3n) is 2.26. The van der Waals surface area contributed by atoms with E-state index in [0.29, 0.717) is 13.1 Å². The van der Waals surface area contributed by atoms with Crippen LogP contribution in [-0.4, -0.2) is 19.6 Å². The zero-order chi connectivity index (χ0) is 12.0. The molecule has 0 atom stereocenters. The fourth-order valence-corrected chi connectivity index (χ4v) is 1.57. The maximum absolute atomic E-state index is 11.3. The Balaban J connectivity index is 2.43. The Morgan fingerprint density at radius 3 is 2.56 bits per heavy atom. The van der Waals surface area contributed by atoms with Gasteiger partial charge in [-0.05, 0) is 30.7 Å². The molecular weight excluding hydrogens is 268 g/mol. The Labute approximate surface area is 105 Å². The summed E-state index contributed by atoms with van der Waals surface area (Å²) < 4.78 is 1.06. The van der Waals surface area contributed by atoms with Crippen LogP contribution in [-0.2, 0) is 4.79 Å². The first-order valence-corrected chi connectivity index (χ1v) is 6.16. The molecule has 0 spiro atoms. The van der Waals surface area contributed by atoms with E-state index in [0.717, 1.165) is 16.6 Å². The Bertz CT molecular complexity index is 337. The van der Waals surface area contributed by atoms with Crippen LogP contribution in [0.15, 0.2) is 28.7 Å². The van der Waals surface area contributed by atoms with Crippen LogP contribution in [0.4, 0.5) is 5.69 Å². The molecule has 1 aromatic rings. The molecule has 0 saturated heterocycles. The normalized spacial score (nSPS) is 9.94. The van der Waals surface area contributed by atoms with E-state index in [-0.39, 0.29) is 5.91 Å². The lowest BCUT2D eigenvalue weighted by Gasteiger charge is -2.19. The zero-order valence-electron chi connectivity index (χ0n) is 9.66. The van der Waals surface area contributed by atoms with E-state index in [1.807, 2.05) is 43.1 Å². The lowest BCUT2D eigenvalue weighted by molar-refractivity contribution is -0.121. The maximum atomic E-state index is 11.3. The summed E-state index contributed by atoms with van der Waals surface area (Å²) >= 11 is 3.39. The second-order valence-corrected chi connectivity index (χ2v) is 4.60. The van der Waals surface area contributed by atoms with Crippen molar-refractivity contribution in [1.29, 1.82) is 0 Å². The molecule has 3 nitrogen and oxygen atoms in total. The molecule has 0 aliphatic carbocycles. The predicted octanol–water partition coefficient (Wildman–Crippen LogP) is 2.76. The first-order valence-electron chi connectivity index (χ1n) is 5.37. The average molecular weight is 285 g/mol. The van der Waals surface area contributed by atoms with E-state index in [4.69, 9.17) is 0 Å². The molecule has 88 valence electrons.